The molecule has 1 aliphatic heterocycles. The molecule has 1 amide bonds. The van der Waals surface area contributed by atoms with Gasteiger partial charge in [0.05, 0.1) is 6.10 Å². The summed E-state index contributed by atoms with van der Waals surface area (Å²) in [5.41, 5.74) is 0.296. The highest BCUT2D eigenvalue weighted by Crippen LogP contribution is 2.60. The zero-order chi connectivity index (χ0) is 18.1. The van der Waals surface area contributed by atoms with Crippen molar-refractivity contribution in [2.75, 3.05) is 27.2 Å². The number of nitrogens with zero attached hydrogens (tertiary/aromatic N) is 2. The molecule has 1 saturated heterocycles. The maximum absolute atomic E-state index is 12.0. The first-order chi connectivity index (χ1) is 12.6. The first-order valence-corrected chi connectivity index (χ1v) is 10.5. The lowest BCUT2D eigenvalue weighted by atomic mass is 9.54. The van der Waals surface area contributed by atoms with Gasteiger partial charge in [0.1, 0.15) is 6.54 Å². The van der Waals surface area contributed by atoms with Crippen molar-refractivity contribution in [1.29, 1.82) is 0 Å². The van der Waals surface area contributed by atoms with Gasteiger partial charge in [0.2, 0.25) is 5.91 Å². The lowest BCUT2D eigenvalue weighted by Crippen LogP contribution is -2.69. The molecule has 3 aliphatic carbocycles. The zero-order valence-corrected chi connectivity index (χ0v) is 19.0. The van der Waals surface area contributed by atoms with E-state index in [-0.39, 0.29) is 36.4 Å². The molecule has 1 heterocycles. The molecule has 4 rings (SSSR count). The molecule has 0 aromatic carbocycles. The number of aliphatic imine (C=N–C) groups is 1. The second-order valence-corrected chi connectivity index (χ2v) is 8.88. The normalized spacial score (nSPS) is 31.9. The van der Waals surface area contributed by atoms with Crippen LogP contribution in [0.25, 0.3) is 0 Å². The molecule has 6 nitrogen and oxygen atoms in total. The molecule has 154 valence electrons. The Morgan fingerprint density at radius 1 is 1.11 bits per heavy atom. The van der Waals surface area contributed by atoms with Gasteiger partial charge in [-0.3, -0.25) is 4.79 Å². The number of carbonyl (C=O) groups is 1. The summed E-state index contributed by atoms with van der Waals surface area (Å²) in [6.45, 7) is 1.11. The minimum absolute atomic E-state index is 0. The molecule has 4 aliphatic rings. The predicted molar refractivity (Wildman–Crippen MR) is 117 cm³/mol. The van der Waals surface area contributed by atoms with Crippen molar-refractivity contribution in [2.24, 2.45) is 16.3 Å². The maximum Gasteiger partial charge on any atom is 0.243 e. The monoisotopic (exact) mass is 490 g/mol. The number of likely N-dealkylation sites (N-methyl/N-ethyl adjacent to an activating group) is 1. The second-order valence-electron chi connectivity index (χ2n) is 8.88. The fourth-order valence-electron chi connectivity index (χ4n) is 5.74. The van der Waals surface area contributed by atoms with Crippen LogP contribution in [0.2, 0.25) is 0 Å². The average Bonchev–Trinajstić information content (AvgIpc) is 3.37. The van der Waals surface area contributed by atoms with E-state index < -0.39 is 0 Å². The third-order valence-electron chi connectivity index (χ3n) is 7.15. The van der Waals surface area contributed by atoms with Gasteiger partial charge in [0, 0.05) is 44.1 Å². The topological polar surface area (TPSA) is 66.0 Å². The minimum atomic E-state index is 0. The standard InChI is InChI=1S/C20H34N4O2.HI/c1-24(2)16(25)13-21-19(22-14-7-3-4-8-14)23-17-15-9-12-26-18(15)20(17)10-5-6-11-20;/h14-15,17-18H,3-13H2,1-2H3,(H2,21,22,23);1H. The molecular weight excluding hydrogens is 455 g/mol. The number of rotatable bonds is 4. The molecule has 1 spiro atoms. The zero-order valence-electron chi connectivity index (χ0n) is 16.7. The second kappa shape index (κ2) is 8.84. The van der Waals surface area contributed by atoms with Crippen LogP contribution >= 0.6 is 24.0 Å². The molecule has 3 saturated carbocycles. The van der Waals surface area contributed by atoms with E-state index in [1.807, 2.05) is 0 Å². The Hall–Kier alpha value is -0.570. The molecule has 7 heteroatoms. The number of hydrogen-bond acceptors (Lipinski definition) is 3. The lowest BCUT2D eigenvalue weighted by Gasteiger charge is -2.57. The van der Waals surface area contributed by atoms with E-state index in [9.17, 15) is 4.79 Å². The SMILES string of the molecule is CN(C)C(=O)CN=C(NC1CCCC1)NC1C2CCOC2C12CCCC2.I. The summed E-state index contributed by atoms with van der Waals surface area (Å²) in [7, 11) is 3.57. The third-order valence-corrected chi connectivity index (χ3v) is 7.15. The van der Waals surface area contributed by atoms with Crippen LogP contribution in [0.3, 0.4) is 0 Å². The quantitative estimate of drug-likeness (QED) is 0.361. The number of halogens is 1. The van der Waals surface area contributed by atoms with E-state index in [1.54, 1.807) is 19.0 Å². The van der Waals surface area contributed by atoms with Crippen LogP contribution in [0.4, 0.5) is 0 Å². The maximum atomic E-state index is 12.0. The van der Waals surface area contributed by atoms with E-state index in [0.717, 1.165) is 19.0 Å². The Morgan fingerprint density at radius 2 is 1.81 bits per heavy atom. The van der Waals surface area contributed by atoms with Crippen LogP contribution < -0.4 is 10.6 Å². The highest BCUT2D eigenvalue weighted by Gasteiger charge is 2.65. The Morgan fingerprint density at radius 3 is 2.48 bits per heavy atom. The molecule has 27 heavy (non-hydrogen) atoms. The van der Waals surface area contributed by atoms with Gasteiger partial charge in [-0.15, -0.1) is 24.0 Å². The van der Waals surface area contributed by atoms with Gasteiger partial charge in [-0.25, -0.2) is 4.99 Å². The van der Waals surface area contributed by atoms with Gasteiger partial charge in [-0.05, 0) is 32.1 Å². The first-order valence-electron chi connectivity index (χ1n) is 10.5. The molecule has 0 aromatic heterocycles. The third kappa shape index (κ3) is 4.09. The van der Waals surface area contributed by atoms with Crippen LogP contribution in [0, 0.1) is 11.3 Å². The number of fused-ring (bicyclic) bond motifs is 2. The average molecular weight is 490 g/mol. The molecule has 0 aromatic rings. The van der Waals surface area contributed by atoms with Gasteiger partial charge < -0.3 is 20.3 Å². The first kappa shape index (κ1) is 21.1. The van der Waals surface area contributed by atoms with Gasteiger partial charge >= 0.3 is 0 Å². The lowest BCUT2D eigenvalue weighted by molar-refractivity contribution is -0.127. The van der Waals surface area contributed by atoms with E-state index in [1.165, 1.54) is 51.4 Å². The summed E-state index contributed by atoms with van der Waals surface area (Å²) in [6, 6.07) is 0.936. The summed E-state index contributed by atoms with van der Waals surface area (Å²) in [6.07, 6.45) is 11.7. The van der Waals surface area contributed by atoms with E-state index >= 15 is 0 Å². The predicted octanol–water partition coefficient (Wildman–Crippen LogP) is 2.52. The molecule has 0 bridgehead atoms. The van der Waals surface area contributed by atoms with Gasteiger partial charge in [-0.1, -0.05) is 25.7 Å². The van der Waals surface area contributed by atoms with Gasteiger partial charge in [-0.2, -0.15) is 0 Å². The van der Waals surface area contributed by atoms with Gasteiger partial charge in [0.15, 0.2) is 5.96 Å². The van der Waals surface area contributed by atoms with Crippen molar-refractivity contribution < 1.29 is 9.53 Å². The molecule has 0 radical (unpaired) electrons. The number of nitrogens with one attached hydrogen (secondary N) is 2. The smallest absolute Gasteiger partial charge is 0.243 e. The van der Waals surface area contributed by atoms with Crippen molar-refractivity contribution in [3.63, 3.8) is 0 Å². The fourth-order valence-corrected chi connectivity index (χ4v) is 5.74. The molecular formula is C20H35IN4O2. The summed E-state index contributed by atoms with van der Waals surface area (Å²) >= 11 is 0. The number of ether oxygens (including phenoxy) is 1. The molecule has 4 fully saturated rings. The number of guanidine groups is 1. The van der Waals surface area contributed by atoms with E-state index in [2.05, 4.69) is 15.6 Å². The van der Waals surface area contributed by atoms with Crippen molar-refractivity contribution in [3.8, 4) is 0 Å². The Balaban J connectivity index is 0.00000210. The summed E-state index contributed by atoms with van der Waals surface area (Å²) in [5.74, 6) is 1.49. The van der Waals surface area contributed by atoms with Crippen LogP contribution in [0.1, 0.15) is 57.8 Å². The molecule has 2 N–H and O–H groups in total. The summed E-state index contributed by atoms with van der Waals surface area (Å²) < 4.78 is 6.10. The highest BCUT2D eigenvalue weighted by atomic mass is 127. The van der Waals surface area contributed by atoms with E-state index in [0.29, 0.717) is 29.5 Å². The minimum Gasteiger partial charge on any atom is -0.377 e. The van der Waals surface area contributed by atoms with Crippen molar-refractivity contribution in [1.82, 2.24) is 15.5 Å². The van der Waals surface area contributed by atoms with E-state index in [4.69, 9.17) is 4.74 Å². The van der Waals surface area contributed by atoms with Crippen molar-refractivity contribution >= 4 is 35.8 Å². The van der Waals surface area contributed by atoms with Crippen LogP contribution in [-0.4, -0.2) is 62.2 Å². The Bertz CT molecular complexity index is 556. The largest absolute Gasteiger partial charge is 0.377 e. The van der Waals surface area contributed by atoms with Crippen LogP contribution in [0.5, 0.6) is 0 Å². The summed E-state index contributed by atoms with van der Waals surface area (Å²) in [5, 5.41) is 7.39. The number of carbonyl (C=O) groups excluding carboxylic acids is 1. The Labute approximate surface area is 180 Å². The van der Waals surface area contributed by atoms with Crippen LogP contribution in [0.15, 0.2) is 4.99 Å². The van der Waals surface area contributed by atoms with Gasteiger partial charge in [0.25, 0.3) is 0 Å². The molecule has 3 unspecified atom stereocenters. The summed E-state index contributed by atoms with van der Waals surface area (Å²) in [4.78, 5) is 18.3. The van der Waals surface area contributed by atoms with Crippen molar-refractivity contribution in [3.05, 3.63) is 0 Å². The molecule has 3 atom stereocenters. The van der Waals surface area contributed by atoms with Crippen LogP contribution in [-0.2, 0) is 9.53 Å². The number of amides is 1. The highest BCUT2D eigenvalue weighted by molar-refractivity contribution is 14.0. The van der Waals surface area contributed by atoms with Crippen molar-refractivity contribution in [2.45, 2.75) is 76.0 Å². The number of hydrogen-bond donors (Lipinski definition) is 2. The fraction of sp³-hybridized carbons (Fsp3) is 0.900. The Kier molecular flexibility index (Phi) is 6.93.